The Hall–Kier alpha value is -3.85. The third kappa shape index (κ3) is 3.90. The minimum atomic E-state index is -0.483. The monoisotopic (exact) mass is 448 g/mol. The topological polar surface area (TPSA) is 67.5 Å². The zero-order chi connectivity index (χ0) is 22.8. The van der Waals surface area contributed by atoms with E-state index in [1.54, 1.807) is 36.0 Å². The Morgan fingerprint density at radius 1 is 1.19 bits per heavy atom. The fraction of sp³-hybridized carbons (Fsp3) is 0.0870. The molecular weight excluding hydrogens is 430 g/mol. The van der Waals surface area contributed by atoms with Crippen molar-refractivity contribution in [2.24, 2.45) is 4.99 Å². The van der Waals surface area contributed by atoms with Gasteiger partial charge in [-0.05, 0) is 36.5 Å². The lowest BCUT2D eigenvalue weighted by Crippen LogP contribution is -2.17. The van der Waals surface area contributed by atoms with E-state index in [1.165, 1.54) is 24.4 Å². The van der Waals surface area contributed by atoms with E-state index in [0.29, 0.717) is 50.8 Å². The fourth-order valence-electron chi connectivity index (χ4n) is 3.38. The zero-order valence-corrected chi connectivity index (χ0v) is 18.0. The molecule has 2 aromatic heterocycles. The number of fused-ring (bicyclic) bond motifs is 1. The smallest absolute Gasteiger partial charge is 0.250 e. The molecule has 160 valence electrons. The lowest BCUT2D eigenvalue weighted by atomic mass is 10.0. The summed E-state index contributed by atoms with van der Waals surface area (Å²) in [5.74, 6) is -0.563. The first-order valence-corrected chi connectivity index (χ1v) is 9.99. The summed E-state index contributed by atoms with van der Waals surface area (Å²) < 4.78 is 30.5. The Morgan fingerprint density at radius 3 is 2.66 bits per heavy atom. The number of nitrogens with one attached hydrogen (secondary N) is 1. The van der Waals surface area contributed by atoms with Crippen LogP contribution in [-0.4, -0.2) is 38.3 Å². The molecule has 6 nitrogen and oxygen atoms in total. The van der Waals surface area contributed by atoms with Crippen LogP contribution in [0.1, 0.15) is 22.4 Å². The minimum absolute atomic E-state index is 0.159. The van der Waals surface area contributed by atoms with Gasteiger partial charge >= 0.3 is 0 Å². The molecule has 0 unspecified atom stereocenters. The fourth-order valence-corrected chi connectivity index (χ4v) is 3.54. The second kappa shape index (κ2) is 8.72. The first-order chi connectivity index (χ1) is 15.4. The van der Waals surface area contributed by atoms with Crippen LogP contribution in [0.2, 0.25) is 0 Å². The first kappa shape index (κ1) is 21.4. The Bertz CT molecular complexity index is 1380. The van der Waals surface area contributed by atoms with Crippen molar-refractivity contribution in [3.8, 4) is 11.3 Å². The van der Waals surface area contributed by atoms with E-state index >= 15 is 0 Å². The highest BCUT2D eigenvalue weighted by atomic mass is 32.1. The molecule has 2 heterocycles. The number of benzene rings is 2. The summed E-state index contributed by atoms with van der Waals surface area (Å²) in [5, 5.41) is 7.33. The predicted molar refractivity (Wildman–Crippen MR) is 125 cm³/mol. The molecule has 0 fully saturated rings. The van der Waals surface area contributed by atoms with Gasteiger partial charge in [-0.1, -0.05) is 30.9 Å². The largest absolute Gasteiger partial charge is 0.379 e. The summed E-state index contributed by atoms with van der Waals surface area (Å²) in [7, 11) is 1.64. The SMILES string of the molecule is C=Cc1cc(Cc2cnc3ncc(-c4ccc(C(=S)NC)c(F)c4)nn23)cc(F)c1N=C. The van der Waals surface area contributed by atoms with Crippen LogP contribution in [0.15, 0.2) is 54.3 Å². The van der Waals surface area contributed by atoms with E-state index in [4.69, 9.17) is 12.2 Å². The molecule has 0 saturated carbocycles. The Kier molecular flexibility index (Phi) is 5.83. The maximum atomic E-state index is 14.5. The van der Waals surface area contributed by atoms with Gasteiger partial charge in [-0.15, -0.1) is 0 Å². The highest BCUT2D eigenvalue weighted by Crippen LogP contribution is 2.27. The van der Waals surface area contributed by atoms with Crippen LogP contribution in [0.25, 0.3) is 23.1 Å². The van der Waals surface area contributed by atoms with Crippen LogP contribution < -0.4 is 5.32 Å². The average molecular weight is 449 g/mol. The summed E-state index contributed by atoms with van der Waals surface area (Å²) in [6.07, 6.45) is 5.02. The lowest BCUT2D eigenvalue weighted by molar-refractivity contribution is 0.625. The van der Waals surface area contributed by atoms with Crippen LogP contribution in [-0.2, 0) is 6.42 Å². The van der Waals surface area contributed by atoms with Gasteiger partial charge in [0.25, 0.3) is 5.78 Å². The predicted octanol–water partition coefficient (Wildman–Crippen LogP) is 4.53. The molecule has 0 bridgehead atoms. The Morgan fingerprint density at radius 2 is 1.97 bits per heavy atom. The minimum Gasteiger partial charge on any atom is -0.379 e. The quantitative estimate of drug-likeness (QED) is 0.347. The molecule has 0 atom stereocenters. The molecular formula is C23H18F2N6S. The van der Waals surface area contributed by atoms with E-state index in [1.807, 2.05) is 0 Å². The van der Waals surface area contributed by atoms with Crippen molar-refractivity contribution < 1.29 is 8.78 Å². The van der Waals surface area contributed by atoms with E-state index in [0.717, 1.165) is 0 Å². The molecule has 0 aliphatic rings. The average Bonchev–Trinajstić information content (AvgIpc) is 3.20. The van der Waals surface area contributed by atoms with Crippen molar-refractivity contribution in [1.29, 1.82) is 0 Å². The van der Waals surface area contributed by atoms with Crippen LogP contribution in [0.5, 0.6) is 0 Å². The molecule has 1 N–H and O–H groups in total. The van der Waals surface area contributed by atoms with Gasteiger partial charge in [0.1, 0.15) is 28.0 Å². The molecule has 0 aliphatic carbocycles. The molecule has 4 aromatic rings. The van der Waals surface area contributed by atoms with Gasteiger partial charge in [0, 0.05) is 30.2 Å². The van der Waals surface area contributed by atoms with Crippen molar-refractivity contribution in [3.63, 3.8) is 0 Å². The summed E-state index contributed by atoms with van der Waals surface area (Å²) in [6, 6.07) is 7.86. The highest BCUT2D eigenvalue weighted by molar-refractivity contribution is 7.80. The molecule has 0 radical (unpaired) electrons. The van der Waals surface area contributed by atoms with Gasteiger partial charge in [0.05, 0.1) is 18.1 Å². The Balaban J connectivity index is 1.72. The third-order valence-corrected chi connectivity index (χ3v) is 5.38. The summed E-state index contributed by atoms with van der Waals surface area (Å²) >= 11 is 5.11. The molecule has 9 heteroatoms. The lowest BCUT2D eigenvalue weighted by Gasteiger charge is -2.09. The number of nitrogens with zero attached hydrogens (tertiary/aromatic N) is 5. The summed E-state index contributed by atoms with van der Waals surface area (Å²) in [6.45, 7) is 7.11. The van der Waals surface area contributed by atoms with Crippen molar-refractivity contribution in [2.45, 2.75) is 6.42 Å². The van der Waals surface area contributed by atoms with E-state index < -0.39 is 11.6 Å². The van der Waals surface area contributed by atoms with Crippen LogP contribution in [0.4, 0.5) is 14.5 Å². The summed E-state index contributed by atoms with van der Waals surface area (Å²) in [5.41, 5.74) is 3.40. The number of aliphatic imine (C=N–C) groups is 1. The van der Waals surface area contributed by atoms with Gasteiger partial charge in [-0.25, -0.2) is 23.3 Å². The standard InChI is InChI=1S/C23H18F2N6S/c1-4-14-7-13(9-19(25)21(14)26-2)8-16-11-28-23-29-12-20(30-31(16)23)15-5-6-17(18(24)10-15)22(32)27-3/h4-7,9-12H,1-2,8H2,3H3,(H,27,32). The molecule has 2 aromatic carbocycles. The van der Waals surface area contributed by atoms with E-state index in [2.05, 4.69) is 38.7 Å². The van der Waals surface area contributed by atoms with Gasteiger partial charge in [0.2, 0.25) is 0 Å². The number of imidazole rings is 1. The van der Waals surface area contributed by atoms with Crippen molar-refractivity contribution in [2.75, 3.05) is 7.05 Å². The molecule has 0 aliphatic heterocycles. The highest BCUT2D eigenvalue weighted by Gasteiger charge is 2.14. The van der Waals surface area contributed by atoms with Gasteiger partial charge in [-0.2, -0.15) is 5.10 Å². The van der Waals surface area contributed by atoms with Crippen LogP contribution in [0, 0.1) is 11.6 Å². The van der Waals surface area contributed by atoms with Gasteiger partial charge in [-0.3, -0.25) is 4.99 Å². The van der Waals surface area contributed by atoms with Crippen molar-refractivity contribution in [3.05, 3.63) is 83.3 Å². The molecule has 4 rings (SSSR count). The maximum Gasteiger partial charge on any atom is 0.250 e. The third-order valence-electron chi connectivity index (χ3n) is 4.95. The molecule has 32 heavy (non-hydrogen) atoms. The number of hydrogen-bond donors (Lipinski definition) is 1. The van der Waals surface area contributed by atoms with Crippen molar-refractivity contribution >= 4 is 41.5 Å². The van der Waals surface area contributed by atoms with Crippen LogP contribution in [0.3, 0.4) is 0 Å². The number of aromatic nitrogens is 4. The number of thiocarbonyl (C=S) groups is 1. The zero-order valence-electron chi connectivity index (χ0n) is 17.1. The molecule has 0 amide bonds. The number of rotatable bonds is 6. The second-order valence-electron chi connectivity index (χ2n) is 6.93. The second-order valence-corrected chi connectivity index (χ2v) is 7.34. The van der Waals surface area contributed by atoms with Gasteiger partial charge < -0.3 is 5.32 Å². The number of halogens is 2. The summed E-state index contributed by atoms with van der Waals surface area (Å²) in [4.78, 5) is 12.6. The normalized spacial score (nSPS) is 10.8. The molecule has 0 saturated heterocycles. The number of hydrogen-bond acceptors (Lipinski definition) is 5. The van der Waals surface area contributed by atoms with Gasteiger partial charge in [0.15, 0.2) is 0 Å². The maximum absolute atomic E-state index is 14.5. The molecule has 0 spiro atoms. The van der Waals surface area contributed by atoms with Crippen LogP contribution >= 0.6 is 12.2 Å². The van der Waals surface area contributed by atoms with Crippen molar-refractivity contribution in [1.82, 2.24) is 24.9 Å². The Labute approximate surface area is 188 Å². The first-order valence-electron chi connectivity index (χ1n) is 9.58. The van der Waals surface area contributed by atoms with E-state index in [-0.39, 0.29) is 5.69 Å². The van der Waals surface area contributed by atoms with E-state index in [9.17, 15) is 8.78 Å².